The summed E-state index contributed by atoms with van der Waals surface area (Å²) in [6.07, 6.45) is 2.69. The largest absolute Gasteiger partial charge is 0.486 e. The highest BCUT2D eigenvalue weighted by Crippen LogP contribution is 2.33. The third-order valence-corrected chi connectivity index (χ3v) is 5.12. The lowest BCUT2D eigenvalue weighted by Gasteiger charge is -2.39. The molecular formula is C19H28N2O3. The van der Waals surface area contributed by atoms with Crippen molar-refractivity contribution < 1.29 is 14.3 Å². The Hall–Kier alpha value is -1.75. The monoisotopic (exact) mass is 332 g/mol. The van der Waals surface area contributed by atoms with Crippen LogP contribution in [-0.2, 0) is 11.3 Å². The van der Waals surface area contributed by atoms with Gasteiger partial charge in [-0.2, -0.15) is 0 Å². The number of hydrogen-bond donors (Lipinski definition) is 1. The molecule has 24 heavy (non-hydrogen) atoms. The number of piperidine rings is 1. The van der Waals surface area contributed by atoms with E-state index in [1.165, 1.54) is 0 Å². The molecule has 1 N–H and O–H groups in total. The van der Waals surface area contributed by atoms with Crippen molar-refractivity contribution in [1.29, 1.82) is 0 Å². The van der Waals surface area contributed by atoms with Gasteiger partial charge in [0.25, 0.3) is 0 Å². The number of carbonyl (C=O) groups is 1. The van der Waals surface area contributed by atoms with Gasteiger partial charge in [-0.3, -0.25) is 4.79 Å². The lowest BCUT2D eigenvalue weighted by atomic mass is 9.89. The summed E-state index contributed by atoms with van der Waals surface area (Å²) in [6.45, 7) is 7.87. The van der Waals surface area contributed by atoms with E-state index in [1.807, 2.05) is 24.0 Å². The van der Waals surface area contributed by atoms with E-state index in [9.17, 15) is 4.79 Å². The molecule has 0 bridgehead atoms. The summed E-state index contributed by atoms with van der Waals surface area (Å²) >= 11 is 0. The number of para-hydroxylation sites is 1. The molecule has 0 radical (unpaired) electrons. The molecule has 0 spiro atoms. The van der Waals surface area contributed by atoms with Crippen LogP contribution < -0.4 is 14.8 Å². The molecule has 132 valence electrons. The second-order valence-electron chi connectivity index (χ2n) is 6.58. The molecule has 1 aromatic carbocycles. The van der Waals surface area contributed by atoms with Crippen LogP contribution in [0, 0.1) is 5.92 Å². The first kappa shape index (κ1) is 17.1. The number of amides is 1. The summed E-state index contributed by atoms with van der Waals surface area (Å²) in [5, 5.41) is 3.69. The van der Waals surface area contributed by atoms with Gasteiger partial charge in [0, 0.05) is 37.7 Å². The fourth-order valence-corrected chi connectivity index (χ4v) is 3.68. The van der Waals surface area contributed by atoms with Crippen LogP contribution in [0.2, 0.25) is 0 Å². The van der Waals surface area contributed by atoms with Crippen LogP contribution in [-0.4, -0.2) is 43.2 Å². The number of nitrogens with one attached hydrogen (secondary N) is 1. The van der Waals surface area contributed by atoms with Gasteiger partial charge in [-0.25, -0.2) is 0 Å². The average molecular weight is 332 g/mol. The SMILES string of the molecule is CCC(=O)N1CC[C@H](NCc2cccc3c2OCCO3)[C@@H](CC)C1. The van der Waals surface area contributed by atoms with Gasteiger partial charge >= 0.3 is 0 Å². The van der Waals surface area contributed by atoms with Crippen molar-refractivity contribution in [2.75, 3.05) is 26.3 Å². The van der Waals surface area contributed by atoms with Crippen LogP contribution in [0.4, 0.5) is 0 Å². The molecule has 1 fully saturated rings. The number of rotatable bonds is 5. The lowest BCUT2D eigenvalue weighted by molar-refractivity contribution is -0.133. The van der Waals surface area contributed by atoms with E-state index in [1.54, 1.807) is 0 Å². The van der Waals surface area contributed by atoms with Crippen molar-refractivity contribution in [3.05, 3.63) is 23.8 Å². The summed E-state index contributed by atoms with van der Waals surface area (Å²) < 4.78 is 11.4. The lowest BCUT2D eigenvalue weighted by Crippen LogP contribution is -2.50. The minimum atomic E-state index is 0.273. The minimum absolute atomic E-state index is 0.273. The van der Waals surface area contributed by atoms with E-state index < -0.39 is 0 Å². The van der Waals surface area contributed by atoms with Gasteiger partial charge in [0.15, 0.2) is 11.5 Å². The van der Waals surface area contributed by atoms with Crippen LogP contribution >= 0.6 is 0 Å². The Balaban J connectivity index is 1.61. The van der Waals surface area contributed by atoms with Gasteiger partial charge in [0.2, 0.25) is 5.91 Å². The first-order valence-electron chi connectivity index (χ1n) is 9.11. The first-order valence-corrected chi connectivity index (χ1v) is 9.11. The summed E-state index contributed by atoms with van der Waals surface area (Å²) in [5.74, 6) is 2.50. The van der Waals surface area contributed by atoms with Gasteiger partial charge in [-0.15, -0.1) is 0 Å². The molecule has 1 amide bonds. The number of hydrogen-bond acceptors (Lipinski definition) is 4. The maximum absolute atomic E-state index is 11.9. The summed E-state index contributed by atoms with van der Waals surface area (Å²) in [4.78, 5) is 14.0. The van der Waals surface area contributed by atoms with Crippen LogP contribution in [0.3, 0.4) is 0 Å². The third kappa shape index (κ3) is 3.66. The quantitative estimate of drug-likeness (QED) is 0.900. The first-order chi connectivity index (χ1) is 11.7. The Bertz CT molecular complexity index is 576. The Morgan fingerprint density at radius 1 is 1.29 bits per heavy atom. The van der Waals surface area contributed by atoms with Crippen molar-refractivity contribution in [1.82, 2.24) is 10.2 Å². The van der Waals surface area contributed by atoms with Crippen LogP contribution in [0.15, 0.2) is 18.2 Å². The molecule has 0 unspecified atom stereocenters. The summed E-state index contributed by atoms with van der Waals surface area (Å²) in [6, 6.07) is 6.51. The zero-order chi connectivity index (χ0) is 16.9. The van der Waals surface area contributed by atoms with E-state index in [0.29, 0.717) is 31.6 Å². The predicted octanol–water partition coefficient (Wildman–Crippen LogP) is 2.58. The highest BCUT2D eigenvalue weighted by Gasteiger charge is 2.29. The Kier molecular flexibility index (Phi) is 5.61. The number of benzene rings is 1. The second kappa shape index (κ2) is 7.88. The van der Waals surface area contributed by atoms with Crippen molar-refractivity contribution in [3.63, 3.8) is 0 Å². The third-order valence-electron chi connectivity index (χ3n) is 5.12. The fourth-order valence-electron chi connectivity index (χ4n) is 3.68. The normalized spacial score (nSPS) is 23.2. The molecule has 2 atom stereocenters. The second-order valence-corrected chi connectivity index (χ2v) is 6.58. The molecule has 5 heteroatoms. The summed E-state index contributed by atoms with van der Waals surface area (Å²) in [7, 11) is 0. The van der Waals surface area contributed by atoms with Crippen molar-refractivity contribution in [2.24, 2.45) is 5.92 Å². The molecule has 3 rings (SSSR count). The van der Waals surface area contributed by atoms with Crippen LogP contribution in [0.1, 0.15) is 38.7 Å². The Labute approximate surface area is 144 Å². The van der Waals surface area contributed by atoms with E-state index in [4.69, 9.17) is 9.47 Å². The highest BCUT2D eigenvalue weighted by molar-refractivity contribution is 5.75. The van der Waals surface area contributed by atoms with E-state index in [0.717, 1.165) is 49.5 Å². The summed E-state index contributed by atoms with van der Waals surface area (Å²) in [5.41, 5.74) is 1.15. The number of ether oxygens (including phenoxy) is 2. The molecule has 0 saturated carbocycles. The van der Waals surface area contributed by atoms with Gasteiger partial charge in [0.1, 0.15) is 13.2 Å². The van der Waals surface area contributed by atoms with Gasteiger partial charge in [-0.05, 0) is 18.4 Å². The molecule has 2 aliphatic rings. The predicted molar refractivity (Wildman–Crippen MR) is 93.3 cm³/mol. The maximum Gasteiger partial charge on any atom is 0.222 e. The molecule has 5 nitrogen and oxygen atoms in total. The molecular weight excluding hydrogens is 304 g/mol. The van der Waals surface area contributed by atoms with E-state index in [2.05, 4.69) is 18.3 Å². The smallest absolute Gasteiger partial charge is 0.222 e. The maximum atomic E-state index is 11.9. The number of likely N-dealkylation sites (tertiary alicyclic amines) is 1. The van der Waals surface area contributed by atoms with Crippen molar-refractivity contribution >= 4 is 5.91 Å². The fraction of sp³-hybridized carbons (Fsp3) is 0.632. The number of fused-ring (bicyclic) bond motifs is 1. The standard InChI is InChI=1S/C19H28N2O3/c1-3-14-13-21(18(22)4-2)9-8-16(14)20-12-15-6-5-7-17-19(15)24-11-10-23-17/h5-7,14,16,20H,3-4,8-13H2,1-2H3/t14-,16-/m0/s1. The van der Waals surface area contributed by atoms with Gasteiger partial charge in [0.05, 0.1) is 0 Å². The Morgan fingerprint density at radius 2 is 2.12 bits per heavy atom. The minimum Gasteiger partial charge on any atom is -0.486 e. The van der Waals surface area contributed by atoms with E-state index >= 15 is 0 Å². The molecule has 2 aliphatic heterocycles. The van der Waals surface area contributed by atoms with Gasteiger partial charge < -0.3 is 19.7 Å². The highest BCUT2D eigenvalue weighted by atomic mass is 16.6. The number of carbonyl (C=O) groups excluding carboxylic acids is 1. The average Bonchev–Trinajstić information content (AvgIpc) is 2.65. The van der Waals surface area contributed by atoms with Crippen molar-refractivity contribution in [2.45, 2.75) is 45.7 Å². The molecule has 1 saturated heterocycles. The topological polar surface area (TPSA) is 50.8 Å². The Morgan fingerprint density at radius 3 is 2.92 bits per heavy atom. The molecule has 1 aromatic rings. The zero-order valence-electron chi connectivity index (χ0n) is 14.7. The van der Waals surface area contributed by atoms with Crippen molar-refractivity contribution in [3.8, 4) is 11.5 Å². The number of nitrogens with zero attached hydrogens (tertiary/aromatic N) is 1. The van der Waals surface area contributed by atoms with Crippen LogP contribution in [0.25, 0.3) is 0 Å². The molecule has 0 aromatic heterocycles. The van der Waals surface area contributed by atoms with E-state index in [-0.39, 0.29) is 5.91 Å². The molecule has 0 aliphatic carbocycles. The van der Waals surface area contributed by atoms with Crippen LogP contribution in [0.5, 0.6) is 11.5 Å². The zero-order valence-corrected chi connectivity index (χ0v) is 14.7. The van der Waals surface area contributed by atoms with Gasteiger partial charge in [-0.1, -0.05) is 32.4 Å². The molecule has 2 heterocycles.